The highest BCUT2D eigenvalue weighted by Gasteiger charge is 2.23. The lowest BCUT2D eigenvalue weighted by Crippen LogP contribution is -2.46. The molecule has 0 saturated heterocycles. The first-order valence-electron chi connectivity index (χ1n) is 9.27. The van der Waals surface area contributed by atoms with Gasteiger partial charge in [0.05, 0.1) is 23.9 Å². The molecule has 1 unspecified atom stereocenters. The molecule has 0 fully saturated rings. The van der Waals surface area contributed by atoms with Crippen LogP contribution in [0.25, 0.3) is 0 Å². The van der Waals surface area contributed by atoms with E-state index in [1.54, 1.807) is 12.1 Å². The van der Waals surface area contributed by atoms with Crippen LogP contribution in [-0.2, 0) is 16.1 Å². The van der Waals surface area contributed by atoms with E-state index < -0.39 is 17.6 Å². The van der Waals surface area contributed by atoms with Gasteiger partial charge in [0.25, 0.3) is 5.91 Å². The van der Waals surface area contributed by atoms with Crippen molar-refractivity contribution in [2.45, 2.75) is 59.8 Å². The Balaban J connectivity index is 2.07. The van der Waals surface area contributed by atoms with Crippen molar-refractivity contribution in [3.05, 3.63) is 40.8 Å². The van der Waals surface area contributed by atoms with Crippen molar-refractivity contribution in [2.75, 3.05) is 7.11 Å². The number of nitrogens with zero attached hydrogens (tertiary/aromatic N) is 1. The summed E-state index contributed by atoms with van der Waals surface area (Å²) in [6, 6.07) is 4.69. The average Bonchev–Trinajstić information content (AvgIpc) is 2.96. The predicted octanol–water partition coefficient (Wildman–Crippen LogP) is 3.34. The summed E-state index contributed by atoms with van der Waals surface area (Å²) in [4.78, 5) is 24.5. The third-order valence-corrected chi connectivity index (χ3v) is 4.10. The zero-order chi connectivity index (χ0) is 21.8. The van der Waals surface area contributed by atoms with E-state index in [1.165, 1.54) is 20.1 Å². The summed E-state index contributed by atoms with van der Waals surface area (Å²) in [6.07, 6.45) is -0.928. The Morgan fingerprint density at radius 2 is 1.90 bits per heavy atom. The zero-order valence-electron chi connectivity index (χ0n) is 17.9. The van der Waals surface area contributed by atoms with E-state index in [4.69, 9.17) is 18.7 Å². The second-order valence-corrected chi connectivity index (χ2v) is 7.74. The van der Waals surface area contributed by atoms with Crippen molar-refractivity contribution in [3.63, 3.8) is 0 Å². The first-order valence-corrected chi connectivity index (χ1v) is 9.27. The fourth-order valence-electron chi connectivity index (χ4n) is 2.53. The topological polar surface area (TPSA) is 99.9 Å². The van der Waals surface area contributed by atoms with Gasteiger partial charge in [0.15, 0.2) is 17.6 Å². The summed E-state index contributed by atoms with van der Waals surface area (Å²) >= 11 is 0. The molecule has 158 valence electrons. The normalized spacial score (nSPS) is 12.2. The van der Waals surface area contributed by atoms with E-state index in [2.05, 4.69) is 10.5 Å². The maximum absolute atomic E-state index is 12.4. The molecule has 1 atom stereocenters. The summed E-state index contributed by atoms with van der Waals surface area (Å²) in [7, 11) is 1.48. The van der Waals surface area contributed by atoms with Gasteiger partial charge in [0, 0.05) is 5.54 Å². The van der Waals surface area contributed by atoms with Gasteiger partial charge in [-0.2, -0.15) is 0 Å². The third-order valence-electron chi connectivity index (χ3n) is 4.10. The van der Waals surface area contributed by atoms with Gasteiger partial charge in [-0.15, -0.1) is 0 Å². The minimum Gasteiger partial charge on any atom is -0.493 e. The number of esters is 1. The Bertz CT molecular complexity index is 862. The lowest BCUT2D eigenvalue weighted by Gasteiger charge is -2.23. The maximum atomic E-state index is 12.4. The molecule has 0 spiro atoms. The van der Waals surface area contributed by atoms with Crippen LogP contribution < -0.4 is 14.8 Å². The van der Waals surface area contributed by atoms with Gasteiger partial charge in [0.2, 0.25) is 0 Å². The van der Waals surface area contributed by atoms with Gasteiger partial charge >= 0.3 is 5.97 Å². The second-order valence-electron chi connectivity index (χ2n) is 7.74. The molecule has 29 heavy (non-hydrogen) atoms. The zero-order valence-corrected chi connectivity index (χ0v) is 17.9. The number of benzene rings is 1. The van der Waals surface area contributed by atoms with Crippen LogP contribution in [0.1, 0.15) is 55.1 Å². The minimum absolute atomic E-state index is 0.252. The molecule has 0 aliphatic heterocycles. The number of methoxy groups -OCH3 is 1. The van der Waals surface area contributed by atoms with E-state index in [-0.39, 0.29) is 18.1 Å². The van der Waals surface area contributed by atoms with Crippen LogP contribution in [0, 0.1) is 13.8 Å². The predicted molar refractivity (Wildman–Crippen MR) is 106 cm³/mol. The smallest absolute Gasteiger partial charge is 0.339 e. The third kappa shape index (κ3) is 5.97. The van der Waals surface area contributed by atoms with Crippen molar-refractivity contribution in [3.8, 4) is 11.5 Å². The highest BCUT2D eigenvalue weighted by Crippen LogP contribution is 2.30. The van der Waals surface area contributed by atoms with Crippen LogP contribution in [0.15, 0.2) is 22.7 Å². The Morgan fingerprint density at radius 3 is 2.45 bits per heavy atom. The van der Waals surface area contributed by atoms with E-state index in [9.17, 15) is 9.59 Å². The van der Waals surface area contributed by atoms with Crippen LogP contribution in [0.4, 0.5) is 0 Å². The van der Waals surface area contributed by atoms with Crippen LogP contribution in [0.3, 0.4) is 0 Å². The Labute approximate surface area is 170 Å². The lowest BCUT2D eigenvalue weighted by atomic mass is 10.1. The molecule has 0 aliphatic rings. The van der Waals surface area contributed by atoms with Gasteiger partial charge in [-0.05, 0) is 59.7 Å². The molecule has 0 bridgehead atoms. The molecule has 1 heterocycles. The minimum atomic E-state index is -0.928. The van der Waals surface area contributed by atoms with Crippen LogP contribution in [-0.4, -0.2) is 35.8 Å². The molecule has 1 aromatic heterocycles. The maximum Gasteiger partial charge on any atom is 0.339 e. The van der Waals surface area contributed by atoms with Crippen LogP contribution in [0.5, 0.6) is 11.5 Å². The standard InChI is InChI=1S/C21H28N2O6/c1-12-16(13(2)29-23-12)11-27-17-9-8-15(10-18(17)26-7)20(25)28-14(3)19(24)22-21(4,5)6/h8-10,14H,11H2,1-7H3,(H,22,24). The molecule has 1 aromatic carbocycles. The quantitative estimate of drug-likeness (QED) is 0.707. The van der Waals surface area contributed by atoms with Crippen LogP contribution in [0.2, 0.25) is 0 Å². The number of hydrogen-bond acceptors (Lipinski definition) is 7. The molecule has 8 nitrogen and oxygen atoms in total. The molecular formula is C21H28N2O6. The fourth-order valence-corrected chi connectivity index (χ4v) is 2.53. The van der Waals surface area contributed by atoms with E-state index in [0.717, 1.165) is 11.3 Å². The van der Waals surface area contributed by atoms with Gasteiger partial charge in [0.1, 0.15) is 12.4 Å². The highest BCUT2D eigenvalue weighted by atomic mass is 16.5. The fraction of sp³-hybridized carbons (Fsp3) is 0.476. The first kappa shape index (κ1) is 22.3. The van der Waals surface area contributed by atoms with Gasteiger partial charge in [-0.3, -0.25) is 4.79 Å². The number of aryl methyl sites for hydroxylation is 2. The van der Waals surface area contributed by atoms with E-state index in [0.29, 0.717) is 17.3 Å². The van der Waals surface area contributed by atoms with Crippen molar-refractivity contribution in [1.82, 2.24) is 10.5 Å². The molecule has 2 aromatic rings. The summed E-state index contributed by atoms with van der Waals surface area (Å²) < 4.78 is 21.5. The number of rotatable bonds is 7. The number of nitrogens with one attached hydrogen (secondary N) is 1. The molecule has 1 N–H and O–H groups in total. The highest BCUT2D eigenvalue weighted by molar-refractivity contribution is 5.93. The van der Waals surface area contributed by atoms with Crippen molar-refractivity contribution in [1.29, 1.82) is 0 Å². The van der Waals surface area contributed by atoms with Crippen LogP contribution >= 0.6 is 0 Å². The molecule has 0 saturated carbocycles. The van der Waals surface area contributed by atoms with E-state index >= 15 is 0 Å². The largest absolute Gasteiger partial charge is 0.493 e. The lowest BCUT2D eigenvalue weighted by molar-refractivity contribution is -0.130. The van der Waals surface area contributed by atoms with E-state index in [1.807, 2.05) is 34.6 Å². The molecule has 0 aliphatic carbocycles. The Kier molecular flexibility index (Phi) is 6.89. The number of ether oxygens (including phenoxy) is 3. The van der Waals surface area contributed by atoms with Gasteiger partial charge in [-0.1, -0.05) is 5.16 Å². The number of carbonyl (C=O) groups excluding carboxylic acids is 2. The Morgan fingerprint density at radius 1 is 1.21 bits per heavy atom. The van der Waals surface area contributed by atoms with Crippen molar-refractivity contribution in [2.24, 2.45) is 0 Å². The van der Waals surface area contributed by atoms with Gasteiger partial charge < -0.3 is 24.1 Å². The van der Waals surface area contributed by atoms with Crippen molar-refractivity contribution < 1.29 is 28.3 Å². The summed E-state index contributed by atoms with van der Waals surface area (Å²) in [6.45, 7) is 11.0. The number of hydrogen-bond donors (Lipinski definition) is 1. The molecule has 2 rings (SSSR count). The number of aromatic nitrogens is 1. The SMILES string of the molecule is COc1cc(C(=O)OC(C)C(=O)NC(C)(C)C)ccc1OCc1c(C)noc1C. The first-order chi connectivity index (χ1) is 13.5. The molecule has 1 amide bonds. The molecule has 0 radical (unpaired) electrons. The molecule has 8 heteroatoms. The summed E-state index contributed by atoms with van der Waals surface area (Å²) in [5.74, 6) is 0.527. The number of amides is 1. The second kappa shape index (κ2) is 8.98. The monoisotopic (exact) mass is 404 g/mol. The van der Waals surface area contributed by atoms with Gasteiger partial charge in [-0.25, -0.2) is 4.79 Å². The molecular weight excluding hydrogens is 376 g/mol. The Hall–Kier alpha value is -3.03. The average molecular weight is 404 g/mol. The summed E-state index contributed by atoms with van der Waals surface area (Å²) in [5, 5.41) is 6.66. The van der Waals surface area contributed by atoms with Crippen molar-refractivity contribution >= 4 is 11.9 Å². The number of carbonyl (C=O) groups is 2. The summed E-state index contributed by atoms with van der Waals surface area (Å²) in [5.41, 5.74) is 1.45.